The molecule has 0 aromatic carbocycles. The molecule has 2 aliphatic heterocycles. The third-order valence-corrected chi connectivity index (χ3v) is 5.38. The molecule has 0 spiro atoms. The van der Waals surface area contributed by atoms with Gasteiger partial charge >= 0.3 is 0 Å². The highest BCUT2D eigenvalue weighted by molar-refractivity contribution is 5.80. The number of carbonyl (C=O) groups is 2. The lowest BCUT2D eigenvalue weighted by molar-refractivity contribution is -0.141. The van der Waals surface area contributed by atoms with Gasteiger partial charge in [-0.25, -0.2) is 0 Å². The van der Waals surface area contributed by atoms with E-state index in [1.807, 2.05) is 4.90 Å². The molecule has 0 saturated carbocycles. The van der Waals surface area contributed by atoms with Crippen LogP contribution < -0.4 is 10.3 Å². The molecule has 7 nitrogen and oxygen atoms in total. The van der Waals surface area contributed by atoms with Crippen molar-refractivity contribution >= 4 is 11.8 Å². The van der Waals surface area contributed by atoms with Crippen LogP contribution in [0, 0.1) is 5.92 Å². The van der Waals surface area contributed by atoms with Crippen LogP contribution >= 0.6 is 0 Å². The minimum Gasteiger partial charge on any atom is -0.491 e. The molecule has 3 heterocycles. The fourth-order valence-corrected chi connectivity index (χ4v) is 3.79. The molecule has 0 aliphatic carbocycles. The van der Waals surface area contributed by atoms with Crippen molar-refractivity contribution in [1.82, 2.24) is 14.4 Å². The Morgan fingerprint density at radius 1 is 1.08 bits per heavy atom. The summed E-state index contributed by atoms with van der Waals surface area (Å²) >= 11 is 0. The number of carbonyl (C=O) groups excluding carboxylic acids is 2. The average Bonchev–Trinajstić information content (AvgIpc) is 2.69. The van der Waals surface area contributed by atoms with Gasteiger partial charge in [0.25, 0.3) is 5.56 Å². The Morgan fingerprint density at radius 2 is 1.77 bits per heavy atom. The summed E-state index contributed by atoms with van der Waals surface area (Å²) in [4.78, 5) is 41.0. The molecule has 2 saturated heterocycles. The molecule has 1 aromatic heterocycles. The van der Waals surface area contributed by atoms with Gasteiger partial charge in [-0.15, -0.1) is 0 Å². The molecule has 2 amide bonds. The van der Waals surface area contributed by atoms with E-state index in [0.717, 1.165) is 25.9 Å². The number of nitrogens with zero attached hydrogens (tertiary/aromatic N) is 3. The minimum absolute atomic E-state index is 0.000765. The molecule has 2 fully saturated rings. The predicted molar refractivity (Wildman–Crippen MR) is 97.0 cm³/mol. The van der Waals surface area contributed by atoms with Crippen molar-refractivity contribution in [2.24, 2.45) is 5.92 Å². The van der Waals surface area contributed by atoms with Gasteiger partial charge in [0.05, 0.1) is 7.11 Å². The molecule has 2 aliphatic rings. The monoisotopic (exact) mass is 361 g/mol. The predicted octanol–water partition coefficient (Wildman–Crippen LogP) is 1.11. The van der Waals surface area contributed by atoms with Gasteiger partial charge in [0.15, 0.2) is 5.75 Å². The third kappa shape index (κ3) is 4.08. The second kappa shape index (κ2) is 8.38. The number of ether oxygens (including phenoxy) is 1. The molecule has 7 heteroatoms. The van der Waals surface area contributed by atoms with E-state index in [2.05, 4.69) is 0 Å². The first-order chi connectivity index (χ1) is 12.6. The van der Waals surface area contributed by atoms with Crippen molar-refractivity contribution in [3.05, 3.63) is 28.7 Å². The third-order valence-electron chi connectivity index (χ3n) is 5.38. The summed E-state index contributed by atoms with van der Waals surface area (Å²) in [5, 5.41) is 0. The van der Waals surface area contributed by atoms with E-state index < -0.39 is 0 Å². The Hall–Kier alpha value is -2.31. The van der Waals surface area contributed by atoms with Crippen LogP contribution in [0.3, 0.4) is 0 Å². The summed E-state index contributed by atoms with van der Waals surface area (Å²) in [6.07, 6.45) is 6.40. The van der Waals surface area contributed by atoms with Crippen LogP contribution in [-0.2, 0) is 16.1 Å². The van der Waals surface area contributed by atoms with Crippen LogP contribution in [0.15, 0.2) is 23.1 Å². The zero-order valence-corrected chi connectivity index (χ0v) is 15.4. The number of rotatable bonds is 4. The number of amides is 2. The number of aromatic nitrogens is 1. The first-order valence-electron chi connectivity index (χ1n) is 9.40. The maximum atomic E-state index is 12.6. The van der Waals surface area contributed by atoms with E-state index >= 15 is 0 Å². The van der Waals surface area contributed by atoms with Crippen molar-refractivity contribution in [2.45, 2.75) is 38.6 Å². The van der Waals surface area contributed by atoms with Gasteiger partial charge < -0.3 is 19.1 Å². The van der Waals surface area contributed by atoms with Gasteiger partial charge in [-0.05, 0) is 44.2 Å². The number of hydrogen-bond acceptors (Lipinski definition) is 4. The van der Waals surface area contributed by atoms with Crippen LogP contribution in [0.25, 0.3) is 0 Å². The first-order valence-corrected chi connectivity index (χ1v) is 9.40. The molecule has 1 aromatic rings. The quantitative estimate of drug-likeness (QED) is 0.805. The van der Waals surface area contributed by atoms with Gasteiger partial charge in [0, 0.05) is 38.3 Å². The molecule has 26 heavy (non-hydrogen) atoms. The minimum atomic E-state index is -0.307. The van der Waals surface area contributed by atoms with E-state index in [0.29, 0.717) is 25.9 Å². The van der Waals surface area contributed by atoms with Crippen molar-refractivity contribution in [3.8, 4) is 5.75 Å². The Kier molecular flexibility index (Phi) is 5.96. The maximum absolute atomic E-state index is 12.6. The zero-order chi connectivity index (χ0) is 18.5. The molecular formula is C19H27N3O4. The highest BCUT2D eigenvalue weighted by Crippen LogP contribution is 2.22. The fraction of sp³-hybridized carbons (Fsp3) is 0.632. The molecule has 0 N–H and O–H groups in total. The van der Waals surface area contributed by atoms with Crippen molar-refractivity contribution in [3.63, 3.8) is 0 Å². The zero-order valence-electron chi connectivity index (χ0n) is 15.4. The van der Waals surface area contributed by atoms with E-state index in [1.165, 1.54) is 18.1 Å². The number of likely N-dealkylation sites (tertiary alicyclic amines) is 2. The molecular weight excluding hydrogens is 334 g/mol. The summed E-state index contributed by atoms with van der Waals surface area (Å²) in [7, 11) is 1.44. The fourth-order valence-electron chi connectivity index (χ4n) is 3.79. The van der Waals surface area contributed by atoms with Crippen LogP contribution in [0.4, 0.5) is 0 Å². The highest BCUT2D eigenvalue weighted by atomic mass is 16.5. The van der Waals surface area contributed by atoms with Crippen LogP contribution in [0.5, 0.6) is 5.75 Å². The van der Waals surface area contributed by atoms with E-state index in [4.69, 9.17) is 4.74 Å². The molecule has 0 radical (unpaired) electrons. The van der Waals surface area contributed by atoms with E-state index in [9.17, 15) is 14.4 Å². The first kappa shape index (κ1) is 18.5. The number of methoxy groups -OCH3 is 1. The van der Waals surface area contributed by atoms with Gasteiger partial charge in [-0.1, -0.05) is 0 Å². The lowest BCUT2D eigenvalue weighted by Crippen LogP contribution is -2.46. The van der Waals surface area contributed by atoms with Crippen molar-refractivity contribution < 1.29 is 14.3 Å². The van der Waals surface area contributed by atoms with E-state index in [-0.39, 0.29) is 35.6 Å². The summed E-state index contributed by atoms with van der Waals surface area (Å²) in [6, 6.07) is 3.28. The second-order valence-electron chi connectivity index (χ2n) is 7.05. The molecule has 0 atom stereocenters. The smallest absolute Gasteiger partial charge is 0.293 e. The Labute approximate surface area is 153 Å². The summed E-state index contributed by atoms with van der Waals surface area (Å²) in [6.45, 7) is 2.89. The van der Waals surface area contributed by atoms with Crippen LogP contribution in [0.2, 0.25) is 0 Å². The second-order valence-corrected chi connectivity index (χ2v) is 7.05. The lowest BCUT2D eigenvalue weighted by Gasteiger charge is -2.35. The normalized spacial score (nSPS) is 18.7. The molecule has 0 unspecified atom stereocenters. The standard InChI is InChI=1S/C19H27N3O4/c1-26-16-6-5-11-22(19(16)25)14-17(23)20-12-7-15(8-13-20)18(24)21-9-3-2-4-10-21/h5-6,11,15H,2-4,7-10,12-14H2,1H3. The topological polar surface area (TPSA) is 71.8 Å². The summed E-state index contributed by atoms with van der Waals surface area (Å²) < 4.78 is 6.38. The summed E-state index contributed by atoms with van der Waals surface area (Å²) in [5.41, 5.74) is -0.307. The number of hydrogen-bond donors (Lipinski definition) is 0. The Morgan fingerprint density at radius 3 is 2.42 bits per heavy atom. The average molecular weight is 361 g/mol. The Balaban J connectivity index is 1.54. The van der Waals surface area contributed by atoms with E-state index in [1.54, 1.807) is 23.2 Å². The van der Waals surface area contributed by atoms with Gasteiger partial charge in [-0.2, -0.15) is 0 Å². The van der Waals surface area contributed by atoms with Crippen molar-refractivity contribution in [1.29, 1.82) is 0 Å². The van der Waals surface area contributed by atoms with Crippen LogP contribution in [-0.4, -0.2) is 59.5 Å². The largest absolute Gasteiger partial charge is 0.491 e. The molecule has 142 valence electrons. The Bertz CT molecular complexity index is 701. The highest BCUT2D eigenvalue weighted by Gasteiger charge is 2.30. The lowest BCUT2D eigenvalue weighted by atomic mass is 9.94. The van der Waals surface area contributed by atoms with Crippen LogP contribution in [0.1, 0.15) is 32.1 Å². The van der Waals surface area contributed by atoms with Gasteiger partial charge in [0.1, 0.15) is 6.54 Å². The van der Waals surface area contributed by atoms with Gasteiger partial charge in [-0.3, -0.25) is 14.4 Å². The molecule has 3 rings (SSSR count). The molecule has 0 bridgehead atoms. The SMILES string of the molecule is COc1cccn(CC(=O)N2CCC(C(=O)N3CCCCC3)CC2)c1=O. The summed E-state index contributed by atoms with van der Waals surface area (Å²) in [5.74, 6) is 0.410. The maximum Gasteiger partial charge on any atom is 0.293 e. The number of pyridine rings is 1. The number of piperidine rings is 2. The van der Waals surface area contributed by atoms with Crippen molar-refractivity contribution in [2.75, 3.05) is 33.3 Å². The van der Waals surface area contributed by atoms with Gasteiger partial charge in [0.2, 0.25) is 11.8 Å².